The van der Waals surface area contributed by atoms with Gasteiger partial charge in [-0.1, -0.05) is 12.1 Å². The molecular formula is C19H28N4O4. The summed E-state index contributed by atoms with van der Waals surface area (Å²) in [7, 11) is 1.93. The van der Waals surface area contributed by atoms with Crippen molar-refractivity contribution in [1.29, 1.82) is 0 Å². The van der Waals surface area contributed by atoms with Crippen LogP contribution in [0.15, 0.2) is 29.1 Å². The molecule has 0 bridgehead atoms. The molecule has 8 nitrogen and oxygen atoms in total. The van der Waals surface area contributed by atoms with Crippen molar-refractivity contribution in [1.82, 2.24) is 19.4 Å². The van der Waals surface area contributed by atoms with Crippen LogP contribution < -0.4 is 5.69 Å². The van der Waals surface area contributed by atoms with Crippen LogP contribution in [0.3, 0.4) is 0 Å². The molecule has 2 aromatic rings. The number of aryl methyl sites for hydroxylation is 1. The number of rotatable bonds is 8. The number of para-hydroxylation sites is 2. The molecule has 3 N–H and O–H groups in total. The van der Waals surface area contributed by atoms with E-state index >= 15 is 0 Å². The van der Waals surface area contributed by atoms with Crippen LogP contribution in [0.5, 0.6) is 0 Å². The number of aliphatic hydroxyl groups is 2. The van der Waals surface area contributed by atoms with Crippen molar-refractivity contribution in [3.63, 3.8) is 0 Å². The van der Waals surface area contributed by atoms with Gasteiger partial charge in [-0.2, -0.15) is 0 Å². The van der Waals surface area contributed by atoms with E-state index in [9.17, 15) is 14.7 Å². The lowest BCUT2D eigenvalue weighted by atomic mass is 9.96. The summed E-state index contributed by atoms with van der Waals surface area (Å²) in [5.74, 6) is 0.232. The summed E-state index contributed by atoms with van der Waals surface area (Å²) in [6.07, 6.45) is 0.249. The van der Waals surface area contributed by atoms with E-state index in [4.69, 9.17) is 5.11 Å². The number of likely N-dealkylation sites (N-methyl/N-ethyl adjacent to an activating group) is 1. The van der Waals surface area contributed by atoms with E-state index in [0.29, 0.717) is 26.2 Å². The SMILES string of the molecule is CN(CCO)C[C@@H]1CN(C(=O)CCn2c(=O)[nH]c3ccccc32)C[C@@H]1CO. The molecule has 1 fully saturated rings. The van der Waals surface area contributed by atoms with E-state index in [2.05, 4.69) is 4.98 Å². The first kappa shape index (κ1) is 19.6. The van der Waals surface area contributed by atoms with Crippen molar-refractivity contribution in [3.05, 3.63) is 34.7 Å². The first-order valence-corrected chi connectivity index (χ1v) is 9.39. The molecule has 1 saturated heterocycles. The molecule has 2 atom stereocenters. The first-order valence-electron chi connectivity index (χ1n) is 9.39. The highest BCUT2D eigenvalue weighted by molar-refractivity contribution is 5.78. The molecular weight excluding hydrogens is 348 g/mol. The van der Waals surface area contributed by atoms with Gasteiger partial charge >= 0.3 is 5.69 Å². The predicted octanol–water partition coefficient (Wildman–Crippen LogP) is -0.289. The maximum absolute atomic E-state index is 12.7. The van der Waals surface area contributed by atoms with Crippen LogP contribution in [0, 0.1) is 11.8 Å². The number of imidazole rings is 1. The third-order valence-corrected chi connectivity index (χ3v) is 5.42. The van der Waals surface area contributed by atoms with E-state index in [1.807, 2.05) is 36.2 Å². The van der Waals surface area contributed by atoms with Gasteiger partial charge in [0.1, 0.15) is 0 Å². The van der Waals surface area contributed by atoms with E-state index < -0.39 is 0 Å². The largest absolute Gasteiger partial charge is 0.396 e. The highest BCUT2D eigenvalue weighted by Gasteiger charge is 2.35. The third kappa shape index (κ3) is 4.40. The number of aliphatic hydroxyl groups excluding tert-OH is 2. The van der Waals surface area contributed by atoms with Crippen LogP contribution in [0.2, 0.25) is 0 Å². The minimum absolute atomic E-state index is 0.00191. The molecule has 2 heterocycles. The molecule has 1 aliphatic heterocycles. The molecule has 27 heavy (non-hydrogen) atoms. The zero-order valence-electron chi connectivity index (χ0n) is 15.7. The van der Waals surface area contributed by atoms with Gasteiger partial charge in [-0.3, -0.25) is 9.36 Å². The minimum atomic E-state index is -0.206. The van der Waals surface area contributed by atoms with Gasteiger partial charge in [-0.05, 0) is 25.1 Å². The van der Waals surface area contributed by atoms with Crippen LogP contribution in [0.4, 0.5) is 0 Å². The van der Waals surface area contributed by atoms with Crippen LogP contribution in [0.1, 0.15) is 6.42 Å². The fourth-order valence-electron chi connectivity index (χ4n) is 3.91. The molecule has 148 valence electrons. The normalized spacial score (nSPS) is 20.1. The monoisotopic (exact) mass is 376 g/mol. The summed E-state index contributed by atoms with van der Waals surface area (Å²) in [4.78, 5) is 31.4. The lowest BCUT2D eigenvalue weighted by Gasteiger charge is -2.23. The number of carbonyl (C=O) groups excluding carboxylic acids is 1. The Morgan fingerprint density at radius 1 is 1.26 bits per heavy atom. The van der Waals surface area contributed by atoms with Crippen molar-refractivity contribution < 1.29 is 15.0 Å². The summed E-state index contributed by atoms with van der Waals surface area (Å²) in [6.45, 7) is 2.91. The smallest absolute Gasteiger partial charge is 0.326 e. The van der Waals surface area contributed by atoms with Gasteiger partial charge in [0, 0.05) is 51.7 Å². The van der Waals surface area contributed by atoms with Gasteiger partial charge in [-0.25, -0.2) is 4.79 Å². The number of hydrogen-bond acceptors (Lipinski definition) is 5. The van der Waals surface area contributed by atoms with Crippen molar-refractivity contribution in [2.45, 2.75) is 13.0 Å². The average molecular weight is 376 g/mol. The Morgan fingerprint density at radius 3 is 2.74 bits per heavy atom. The maximum atomic E-state index is 12.7. The van der Waals surface area contributed by atoms with E-state index in [1.165, 1.54) is 0 Å². The first-order chi connectivity index (χ1) is 13.0. The number of amides is 1. The highest BCUT2D eigenvalue weighted by Crippen LogP contribution is 2.24. The second-order valence-electron chi connectivity index (χ2n) is 7.34. The molecule has 1 amide bonds. The van der Waals surface area contributed by atoms with Gasteiger partial charge in [0.15, 0.2) is 0 Å². The van der Waals surface area contributed by atoms with Crippen molar-refractivity contribution in [2.75, 3.05) is 46.4 Å². The number of aromatic nitrogens is 2. The van der Waals surface area contributed by atoms with Crippen LogP contribution in [-0.4, -0.2) is 81.9 Å². The van der Waals surface area contributed by atoms with Crippen molar-refractivity contribution >= 4 is 16.9 Å². The van der Waals surface area contributed by atoms with Gasteiger partial charge in [0.05, 0.1) is 17.6 Å². The Bertz CT molecular complexity index is 830. The molecule has 0 radical (unpaired) electrons. The molecule has 8 heteroatoms. The summed E-state index contributed by atoms with van der Waals surface area (Å²) in [6, 6.07) is 7.44. The molecule has 0 spiro atoms. The van der Waals surface area contributed by atoms with Gasteiger partial charge in [0.25, 0.3) is 0 Å². The number of benzene rings is 1. The number of carbonyl (C=O) groups is 1. The standard InChI is InChI=1S/C19H28N4O4/c1-21(8-9-24)10-14-11-22(12-15(14)13-25)18(26)6-7-23-17-5-3-2-4-16(17)20-19(23)27/h2-5,14-15,24-25H,6-13H2,1H3,(H,20,27)/t14-,15-/m1/s1. The molecule has 1 aromatic carbocycles. The molecule has 0 saturated carbocycles. The number of H-pyrrole nitrogens is 1. The predicted molar refractivity (Wildman–Crippen MR) is 102 cm³/mol. The molecule has 1 aliphatic rings. The fourth-order valence-corrected chi connectivity index (χ4v) is 3.91. The van der Waals surface area contributed by atoms with Crippen LogP contribution >= 0.6 is 0 Å². The van der Waals surface area contributed by atoms with Gasteiger partial charge in [-0.15, -0.1) is 0 Å². The summed E-state index contributed by atoms with van der Waals surface area (Å²) in [5, 5.41) is 18.7. The van der Waals surface area contributed by atoms with E-state index in [1.54, 1.807) is 9.47 Å². The van der Waals surface area contributed by atoms with Crippen molar-refractivity contribution in [3.8, 4) is 0 Å². The second kappa shape index (κ2) is 8.69. The Balaban J connectivity index is 1.61. The number of nitrogens with zero attached hydrogens (tertiary/aromatic N) is 3. The second-order valence-corrected chi connectivity index (χ2v) is 7.34. The Hall–Kier alpha value is -2.16. The number of nitrogens with one attached hydrogen (secondary N) is 1. The molecule has 0 aliphatic carbocycles. The number of fused-ring (bicyclic) bond motifs is 1. The highest BCUT2D eigenvalue weighted by atomic mass is 16.3. The van der Waals surface area contributed by atoms with E-state index in [-0.39, 0.29) is 43.1 Å². The number of aromatic amines is 1. The summed E-state index contributed by atoms with van der Waals surface area (Å²) in [5.41, 5.74) is 1.36. The van der Waals surface area contributed by atoms with Crippen LogP contribution in [-0.2, 0) is 11.3 Å². The summed E-state index contributed by atoms with van der Waals surface area (Å²) < 4.78 is 1.60. The van der Waals surface area contributed by atoms with E-state index in [0.717, 1.165) is 17.6 Å². The maximum Gasteiger partial charge on any atom is 0.326 e. The third-order valence-electron chi connectivity index (χ3n) is 5.42. The molecule has 0 unspecified atom stereocenters. The number of likely N-dealkylation sites (tertiary alicyclic amines) is 1. The fraction of sp³-hybridized carbons (Fsp3) is 0.579. The zero-order valence-corrected chi connectivity index (χ0v) is 15.7. The summed E-state index contributed by atoms with van der Waals surface area (Å²) >= 11 is 0. The Labute approximate surface area is 158 Å². The average Bonchev–Trinajstić information content (AvgIpc) is 3.20. The van der Waals surface area contributed by atoms with Gasteiger partial charge in [0.2, 0.25) is 5.91 Å². The topological polar surface area (TPSA) is 102 Å². The molecule has 1 aromatic heterocycles. The Kier molecular flexibility index (Phi) is 6.30. The Morgan fingerprint density at radius 2 is 2.00 bits per heavy atom. The lowest BCUT2D eigenvalue weighted by Crippen LogP contribution is -2.34. The minimum Gasteiger partial charge on any atom is -0.396 e. The van der Waals surface area contributed by atoms with Crippen molar-refractivity contribution in [2.24, 2.45) is 11.8 Å². The quantitative estimate of drug-likeness (QED) is 0.588. The van der Waals surface area contributed by atoms with Gasteiger partial charge < -0.3 is 25.0 Å². The van der Waals surface area contributed by atoms with Crippen LogP contribution in [0.25, 0.3) is 11.0 Å². The molecule has 3 rings (SSSR count). The zero-order chi connectivity index (χ0) is 19.4. The lowest BCUT2D eigenvalue weighted by molar-refractivity contribution is -0.130. The number of hydrogen-bond donors (Lipinski definition) is 3.